The predicted octanol–water partition coefficient (Wildman–Crippen LogP) is 1.22. The molecule has 0 bridgehead atoms. The lowest BCUT2D eigenvalue weighted by Gasteiger charge is -2.03. The lowest BCUT2D eigenvalue weighted by molar-refractivity contribution is 0.0988. The highest BCUT2D eigenvalue weighted by Gasteiger charge is 2.27. The van der Waals surface area contributed by atoms with Crippen LogP contribution in [0.4, 0.5) is 0 Å². The first-order chi connectivity index (χ1) is 12.1. The summed E-state index contributed by atoms with van der Waals surface area (Å²) < 4.78 is 6.76. The first-order valence-electron chi connectivity index (χ1n) is 8.04. The second-order valence-electron chi connectivity index (χ2n) is 6.18. The largest absolute Gasteiger partial charge is 0.491 e. The van der Waals surface area contributed by atoms with Crippen LogP contribution in [0.5, 0.6) is 0 Å². The van der Waals surface area contributed by atoms with Gasteiger partial charge in [0.1, 0.15) is 5.69 Å². The molecule has 0 atom stereocenters. The van der Waals surface area contributed by atoms with Crippen LogP contribution in [-0.2, 0) is 17.7 Å². The quantitative estimate of drug-likeness (QED) is 0.574. The predicted molar refractivity (Wildman–Crippen MR) is 93.0 cm³/mol. The Morgan fingerprint density at radius 3 is 2.88 bits per heavy atom. The molecule has 7 heteroatoms. The lowest BCUT2D eigenvalue weighted by atomic mass is 9.78. The van der Waals surface area contributed by atoms with E-state index in [0.717, 1.165) is 27.8 Å². The molecule has 1 aliphatic heterocycles. The van der Waals surface area contributed by atoms with Crippen molar-refractivity contribution in [1.29, 1.82) is 0 Å². The van der Waals surface area contributed by atoms with E-state index in [4.69, 9.17) is 4.65 Å². The van der Waals surface area contributed by atoms with E-state index in [1.807, 2.05) is 49.4 Å². The molecule has 4 rings (SSSR count). The molecule has 1 N–H and O–H groups in total. The Morgan fingerprint density at radius 1 is 1.28 bits per heavy atom. The van der Waals surface area contributed by atoms with Crippen molar-refractivity contribution in [1.82, 2.24) is 15.0 Å². The molecule has 2 aromatic carbocycles. The monoisotopic (exact) mass is 333 g/mol. The summed E-state index contributed by atoms with van der Waals surface area (Å²) in [5, 5.41) is 17.8. The fourth-order valence-corrected chi connectivity index (χ4v) is 2.87. The van der Waals surface area contributed by atoms with Gasteiger partial charge in [0.05, 0.1) is 18.5 Å². The Hall–Kier alpha value is -2.77. The number of ketones is 1. The van der Waals surface area contributed by atoms with Crippen molar-refractivity contribution in [2.75, 3.05) is 0 Å². The fourth-order valence-electron chi connectivity index (χ4n) is 2.87. The summed E-state index contributed by atoms with van der Waals surface area (Å²) in [6.45, 7) is 2.41. The van der Waals surface area contributed by atoms with Crippen molar-refractivity contribution < 1.29 is 14.5 Å². The summed E-state index contributed by atoms with van der Waals surface area (Å²) in [5.74, 6) is -0.119. The van der Waals surface area contributed by atoms with Crippen LogP contribution in [0, 0.1) is 6.92 Å². The van der Waals surface area contributed by atoms with Gasteiger partial charge in [0.2, 0.25) is 0 Å². The van der Waals surface area contributed by atoms with E-state index in [-0.39, 0.29) is 12.2 Å². The van der Waals surface area contributed by atoms with E-state index in [1.165, 1.54) is 0 Å². The number of rotatable bonds is 4. The zero-order valence-corrected chi connectivity index (χ0v) is 13.7. The molecule has 0 fully saturated rings. The van der Waals surface area contributed by atoms with Crippen LogP contribution < -0.4 is 5.46 Å². The molecule has 0 radical (unpaired) electrons. The molecule has 0 unspecified atom stereocenters. The minimum Gasteiger partial charge on any atom is -0.423 e. The van der Waals surface area contributed by atoms with E-state index in [9.17, 15) is 9.82 Å². The Balaban J connectivity index is 1.52. The van der Waals surface area contributed by atoms with Crippen molar-refractivity contribution in [3.8, 4) is 5.69 Å². The second-order valence-corrected chi connectivity index (χ2v) is 6.18. The summed E-state index contributed by atoms with van der Waals surface area (Å²) >= 11 is 0. The number of aryl methyl sites for hydroxylation is 1. The first kappa shape index (κ1) is 15.7. The Morgan fingerprint density at radius 2 is 2.08 bits per heavy atom. The molecule has 3 aromatic rings. The third kappa shape index (κ3) is 3.11. The van der Waals surface area contributed by atoms with Gasteiger partial charge in [-0.15, -0.1) is 5.10 Å². The average Bonchev–Trinajstić information content (AvgIpc) is 3.24. The molecule has 0 aliphatic carbocycles. The van der Waals surface area contributed by atoms with Crippen LogP contribution in [0.15, 0.2) is 48.7 Å². The van der Waals surface area contributed by atoms with Gasteiger partial charge in [-0.25, -0.2) is 4.68 Å². The van der Waals surface area contributed by atoms with Gasteiger partial charge in [0.25, 0.3) is 0 Å². The van der Waals surface area contributed by atoms with E-state index >= 15 is 0 Å². The number of fused-ring (bicyclic) bond motifs is 1. The molecule has 0 spiro atoms. The zero-order valence-electron chi connectivity index (χ0n) is 13.7. The molecule has 25 heavy (non-hydrogen) atoms. The molecule has 1 aromatic heterocycles. The van der Waals surface area contributed by atoms with Gasteiger partial charge >= 0.3 is 7.12 Å². The number of carbonyl (C=O) groups is 1. The van der Waals surface area contributed by atoms with Crippen molar-refractivity contribution >= 4 is 18.4 Å². The Kier molecular flexibility index (Phi) is 3.95. The molecular weight excluding hydrogens is 317 g/mol. The van der Waals surface area contributed by atoms with Crippen LogP contribution in [0.1, 0.15) is 27.2 Å². The third-order valence-corrected chi connectivity index (χ3v) is 4.32. The maximum Gasteiger partial charge on any atom is 0.491 e. The zero-order chi connectivity index (χ0) is 17.4. The van der Waals surface area contributed by atoms with Gasteiger partial charge in [0.15, 0.2) is 5.78 Å². The van der Waals surface area contributed by atoms with Gasteiger partial charge < -0.3 is 9.68 Å². The number of benzene rings is 2. The smallest absolute Gasteiger partial charge is 0.423 e. The van der Waals surface area contributed by atoms with Gasteiger partial charge in [-0.05, 0) is 35.6 Å². The molecular formula is C18H16BN3O3. The summed E-state index contributed by atoms with van der Waals surface area (Å²) in [6.07, 6.45) is 1.84. The summed E-state index contributed by atoms with van der Waals surface area (Å²) in [5.41, 5.74) is 4.83. The normalized spacial score (nSPS) is 13.1. The number of hydrogen-bond acceptors (Lipinski definition) is 5. The van der Waals surface area contributed by atoms with Crippen molar-refractivity contribution in [2.45, 2.75) is 20.0 Å². The van der Waals surface area contributed by atoms with Crippen molar-refractivity contribution in [2.24, 2.45) is 0 Å². The third-order valence-electron chi connectivity index (χ3n) is 4.32. The van der Waals surface area contributed by atoms with E-state index < -0.39 is 7.12 Å². The van der Waals surface area contributed by atoms with Gasteiger partial charge in [0, 0.05) is 6.42 Å². The number of Topliss-reactive ketones (excluding diaryl/α,β-unsaturated/α-hetero) is 1. The topological polar surface area (TPSA) is 77.2 Å². The Labute approximate surface area is 145 Å². The SMILES string of the molecule is Cc1ccc(-n2cc(C(=O)Cc3ccc4c(c3)B(O)OC4)nn2)cc1. The van der Waals surface area contributed by atoms with Crippen LogP contribution in [0.2, 0.25) is 0 Å². The maximum absolute atomic E-state index is 12.5. The molecule has 0 saturated heterocycles. The van der Waals surface area contributed by atoms with Gasteiger partial charge in [-0.3, -0.25) is 4.79 Å². The molecule has 0 saturated carbocycles. The van der Waals surface area contributed by atoms with E-state index in [0.29, 0.717) is 12.3 Å². The number of aromatic nitrogens is 3. The van der Waals surface area contributed by atoms with E-state index in [2.05, 4.69) is 10.3 Å². The van der Waals surface area contributed by atoms with E-state index in [1.54, 1.807) is 10.9 Å². The maximum atomic E-state index is 12.5. The van der Waals surface area contributed by atoms with Crippen molar-refractivity contribution in [3.05, 3.63) is 71.0 Å². The minimum absolute atomic E-state index is 0.119. The van der Waals surface area contributed by atoms with Gasteiger partial charge in [-0.1, -0.05) is 41.1 Å². The number of hydrogen-bond donors (Lipinski definition) is 1. The van der Waals surface area contributed by atoms with Gasteiger partial charge in [-0.2, -0.15) is 0 Å². The van der Waals surface area contributed by atoms with Crippen LogP contribution in [0.3, 0.4) is 0 Å². The van der Waals surface area contributed by atoms with Crippen LogP contribution >= 0.6 is 0 Å². The number of carbonyl (C=O) groups excluding carboxylic acids is 1. The molecule has 0 amide bonds. The fraction of sp³-hybridized carbons (Fsp3) is 0.167. The van der Waals surface area contributed by atoms with Crippen molar-refractivity contribution in [3.63, 3.8) is 0 Å². The minimum atomic E-state index is -0.910. The van der Waals surface area contributed by atoms with Crippen LogP contribution in [0.25, 0.3) is 5.69 Å². The number of nitrogens with zero attached hydrogens (tertiary/aromatic N) is 3. The molecule has 124 valence electrons. The molecule has 2 heterocycles. The second kappa shape index (κ2) is 6.27. The Bertz CT molecular complexity index is 937. The summed E-state index contributed by atoms with van der Waals surface area (Å²) in [7, 11) is -0.910. The molecule has 1 aliphatic rings. The average molecular weight is 333 g/mol. The standard InChI is InChI=1S/C18H16BN3O3/c1-12-2-6-15(7-3-12)22-10-17(20-21-22)18(23)9-13-4-5-14-11-25-19(24)16(14)8-13/h2-8,10,24H,9,11H2,1H3. The highest BCUT2D eigenvalue weighted by molar-refractivity contribution is 6.61. The van der Waals surface area contributed by atoms with Crippen LogP contribution in [-0.4, -0.2) is 32.9 Å². The lowest BCUT2D eigenvalue weighted by Crippen LogP contribution is -2.28. The summed E-state index contributed by atoms with van der Waals surface area (Å²) in [6, 6.07) is 13.4. The highest BCUT2D eigenvalue weighted by Crippen LogP contribution is 2.14. The summed E-state index contributed by atoms with van der Waals surface area (Å²) in [4.78, 5) is 12.5. The molecule has 6 nitrogen and oxygen atoms in total. The highest BCUT2D eigenvalue weighted by atomic mass is 16.5. The first-order valence-corrected chi connectivity index (χ1v) is 8.04.